The lowest BCUT2D eigenvalue weighted by atomic mass is 10.1. The van der Waals surface area contributed by atoms with Crippen LogP contribution in [0, 0.1) is 11.3 Å². The molecule has 0 saturated carbocycles. The fourth-order valence-corrected chi connectivity index (χ4v) is 1.60. The van der Waals surface area contributed by atoms with Crippen LogP contribution in [0.5, 0.6) is 5.75 Å². The first-order valence-electron chi connectivity index (χ1n) is 5.45. The van der Waals surface area contributed by atoms with Gasteiger partial charge in [0.1, 0.15) is 5.75 Å². The lowest BCUT2D eigenvalue weighted by molar-refractivity contribution is -0.141. The summed E-state index contributed by atoms with van der Waals surface area (Å²) in [5.74, 6) is 0.401. The molecule has 0 aliphatic carbocycles. The topological polar surface area (TPSA) is 58.8 Å². The summed E-state index contributed by atoms with van der Waals surface area (Å²) in [5, 5.41) is 15.5. The molecule has 0 bridgehead atoms. The molecule has 20 heavy (non-hydrogen) atoms. The predicted octanol–water partition coefficient (Wildman–Crippen LogP) is 3.04. The number of alkyl halides is 3. The van der Waals surface area contributed by atoms with Crippen molar-refractivity contribution >= 4 is 0 Å². The Kier molecular flexibility index (Phi) is 3.57. The van der Waals surface area contributed by atoms with E-state index in [2.05, 4.69) is 10.2 Å². The Morgan fingerprint density at radius 2 is 1.90 bits per heavy atom. The molecule has 7 heteroatoms. The van der Waals surface area contributed by atoms with E-state index in [0.29, 0.717) is 16.9 Å². The fourth-order valence-electron chi connectivity index (χ4n) is 1.60. The van der Waals surface area contributed by atoms with Gasteiger partial charge in [0.05, 0.1) is 24.4 Å². The average molecular weight is 279 g/mol. The largest absolute Gasteiger partial charge is 0.496 e. The summed E-state index contributed by atoms with van der Waals surface area (Å²) < 4.78 is 42.3. The number of rotatable bonds is 2. The third kappa shape index (κ3) is 2.69. The fraction of sp³-hybridized carbons (Fsp3) is 0.154. The second-order valence-corrected chi connectivity index (χ2v) is 3.83. The highest BCUT2D eigenvalue weighted by atomic mass is 19.4. The van der Waals surface area contributed by atoms with Crippen LogP contribution in [-0.2, 0) is 6.18 Å². The zero-order valence-electron chi connectivity index (χ0n) is 10.3. The average Bonchev–Trinajstić information content (AvgIpc) is 2.45. The first-order valence-corrected chi connectivity index (χ1v) is 5.45. The number of aromatic nitrogens is 2. The van der Waals surface area contributed by atoms with Crippen LogP contribution in [0.2, 0.25) is 0 Å². The minimum absolute atomic E-state index is 0.201. The van der Waals surface area contributed by atoms with E-state index in [1.54, 1.807) is 12.1 Å². The van der Waals surface area contributed by atoms with Gasteiger partial charge in [-0.15, -0.1) is 10.2 Å². The summed E-state index contributed by atoms with van der Waals surface area (Å²) in [6.07, 6.45) is -4.54. The third-order valence-corrected chi connectivity index (χ3v) is 2.56. The summed E-state index contributed by atoms with van der Waals surface area (Å²) in [4.78, 5) is 0. The van der Waals surface area contributed by atoms with Gasteiger partial charge >= 0.3 is 6.18 Å². The summed E-state index contributed by atoms with van der Waals surface area (Å²) in [7, 11) is 1.42. The van der Waals surface area contributed by atoms with Crippen molar-refractivity contribution in [1.82, 2.24) is 10.2 Å². The van der Waals surface area contributed by atoms with Gasteiger partial charge in [-0.05, 0) is 30.3 Å². The highest BCUT2D eigenvalue weighted by molar-refractivity contribution is 5.68. The molecule has 1 heterocycles. The first-order chi connectivity index (χ1) is 9.45. The van der Waals surface area contributed by atoms with Crippen LogP contribution in [0.25, 0.3) is 11.3 Å². The quantitative estimate of drug-likeness (QED) is 0.847. The summed E-state index contributed by atoms with van der Waals surface area (Å²) in [6.45, 7) is 0. The van der Waals surface area contributed by atoms with Gasteiger partial charge in [0, 0.05) is 5.56 Å². The standard InChI is InChI=1S/C13H8F3N3O/c1-20-11-4-2-8(7-17)6-9(11)10-3-5-12(19-18-10)13(14,15)16/h2-6H,1H3. The van der Waals surface area contributed by atoms with E-state index in [1.165, 1.54) is 19.2 Å². The Hall–Kier alpha value is -2.62. The van der Waals surface area contributed by atoms with Gasteiger partial charge in [0.15, 0.2) is 5.69 Å². The molecule has 0 radical (unpaired) electrons. The number of ether oxygens (including phenoxy) is 1. The lowest BCUT2D eigenvalue weighted by Gasteiger charge is -2.09. The van der Waals surface area contributed by atoms with Gasteiger partial charge in [-0.3, -0.25) is 0 Å². The van der Waals surface area contributed by atoms with Crippen molar-refractivity contribution in [3.63, 3.8) is 0 Å². The van der Waals surface area contributed by atoms with Crippen LogP contribution in [0.3, 0.4) is 0 Å². The molecule has 2 rings (SSSR count). The van der Waals surface area contributed by atoms with E-state index in [9.17, 15) is 13.2 Å². The van der Waals surface area contributed by atoms with Crippen LogP contribution in [0.1, 0.15) is 11.3 Å². The van der Waals surface area contributed by atoms with Crippen LogP contribution in [0.15, 0.2) is 30.3 Å². The monoisotopic (exact) mass is 279 g/mol. The number of benzene rings is 1. The van der Waals surface area contributed by atoms with E-state index in [0.717, 1.165) is 6.07 Å². The number of halogens is 3. The number of nitrogens with zero attached hydrogens (tertiary/aromatic N) is 3. The van der Waals surface area contributed by atoms with E-state index in [4.69, 9.17) is 10.00 Å². The minimum atomic E-state index is -4.54. The molecule has 1 aromatic heterocycles. The highest BCUT2D eigenvalue weighted by Gasteiger charge is 2.33. The van der Waals surface area contributed by atoms with Gasteiger partial charge in [-0.25, -0.2) is 0 Å². The summed E-state index contributed by atoms with van der Waals surface area (Å²) in [5.41, 5.74) is -0.112. The smallest absolute Gasteiger partial charge is 0.435 e. The van der Waals surface area contributed by atoms with Crippen LogP contribution in [-0.4, -0.2) is 17.3 Å². The van der Waals surface area contributed by atoms with Crippen molar-refractivity contribution in [3.8, 4) is 23.1 Å². The molecular weight excluding hydrogens is 271 g/mol. The molecular formula is C13H8F3N3O. The molecule has 4 nitrogen and oxygen atoms in total. The Morgan fingerprint density at radius 3 is 2.40 bits per heavy atom. The van der Waals surface area contributed by atoms with Gasteiger partial charge in [-0.2, -0.15) is 18.4 Å². The van der Waals surface area contributed by atoms with Gasteiger partial charge in [0.25, 0.3) is 0 Å². The molecule has 0 atom stereocenters. The van der Waals surface area contributed by atoms with E-state index >= 15 is 0 Å². The highest BCUT2D eigenvalue weighted by Crippen LogP contribution is 2.31. The van der Waals surface area contributed by atoms with E-state index < -0.39 is 11.9 Å². The molecule has 0 amide bonds. The first kappa shape index (κ1) is 13.8. The van der Waals surface area contributed by atoms with E-state index in [1.807, 2.05) is 6.07 Å². The second kappa shape index (κ2) is 5.17. The SMILES string of the molecule is COc1ccc(C#N)cc1-c1ccc(C(F)(F)F)nn1. The molecule has 1 aromatic carbocycles. The number of methoxy groups -OCH3 is 1. The Bertz CT molecular complexity index is 660. The summed E-state index contributed by atoms with van der Waals surface area (Å²) in [6, 6.07) is 8.54. The van der Waals surface area contributed by atoms with Crippen molar-refractivity contribution in [1.29, 1.82) is 5.26 Å². The van der Waals surface area contributed by atoms with Crippen LogP contribution < -0.4 is 4.74 Å². The zero-order chi connectivity index (χ0) is 14.8. The normalized spacial score (nSPS) is 10.9. The van der Waals surface area contributed by atoms with Crippen LogP contribution >= 0.6 is 0 Å². The van der Waals surface area contributed by atoms with Crippen molar-refractivity contribution < 1.29 is 17.9 Å². The number of hydrogen-bond acceptors (Lipinski definition) is 4. The van der Waals surface area contributed by atoms with Crippen LogP contribution in [0.4, 0.5) is 13.2 Å². The molecule has 2 aromatic rings. The van der Waals surface area contributed by atoms with Gasteiger partial charge in [-0.1, -0.05) is 0 Å². The predicted molar refractivity (Wildman–Crippen MR) is 63.7 cm³/mol. The molecule has 0 aliphatic rings. The molecule has 0 fully saturated rings. The van der Waals surface area contributed by atoms with Crippen molar-refractivity contribution in [2.24, 2.45) is 0 Å². The Labute approximate surface area is 112 Å². The zero-order valence-corrected chi connectivity index (χ0v) is 10.3. The van der Waals surface area contributed by atoms with Crippen molar-refractivity contribution in [3.05, 3.63) is 41.6 Å². The molecule has 0 saturated heterocycles. The third-order valence-electron chi connectivity index (χ3n) is 2.56. The molecule has 0 spiro atoms. The molecule has 0 N–H and O–H groups in total. The Balaban J connectivity index is 2.49. The molecule has 102 valence electrons. The molecule has 0 unspecified atom stereocenters. The maximum absolute atomic E-state index is 12.4. The van der Waals surface area contributed by atoms with Crippen molar-refractivity contribution in [2.75, 3.05) is 7.11 Å². The Morgan fingerprint density at radius 1 is 1.15 bits per heavy atom. The minimum Gasteiger partial charge on any atom is -0.496 e. The summed E-state index contributed by atoms with van der Waals surface area (Å²) >= 11 is 0. The second-order valence-electron chi connectivity index (χ2n) is 3.83. The van der Waals surface area contributed by atoms with E-state index in [-0.39, 0.29) is 5.69 Å². The molecule has 0 aliphatic heterocycles. The lowest BCUT2D eigenvalue weighted by Crippen LogP contribution is -2.09. The maximum atomic E-state index is 12.4. The van der Waals surface area contributed by atoms with Crippen molar-refractivity contribution in [2.45, 2.75) is 6.18 Å². The van der Waals surface area contributed by atoms with Gasteiger partial charge < -0.3 is 4.74 Å². The van der Waals surface area contributed by atoms with Gasteiger partial charge in [0.2, 0.25) is 0 Å². The number of hydrogen-bond donors (Lipinski definition) is 0. The maximum Gasteiger partial charge on any atom is 0.435 e. The number of nitriles is 1.